The highest BCUT2D eigenvalue weighted by atomic mass is 127. The highest BCUT2D eigenvalue weighted by Gasteiger charge is 2.37. The van der Waals surface area contributed by atoms with E-state index < -0.39 is 37.9 Å². The van der Waals surface area contributed by atoms with Crippen LogP contribution in [-0.4, -0.2) is 24.7 Å². The van der Waals surface area contributed by atoms with Crippen molar-refractivity contribution in [2.45, 2.75) is 11.4 Å². The molecule has 0 aliphatic heterocycles. The van der Waals surface area contributed by atoms with Crippen molar-refractivity contribution in [3.63, 3.8) is 0 Å². The van der Waals surface area contributed by atoms with Gasteiger partial charge in [-0.1, -0.05) is 0 Å². The first kappa shape index (κ1) is 15.8. The number of primary sulfonamides is 1. The van der Waals surface area contributed by atoms with E-state index >= 15 is 0 Å². The summed E-state index contributed by atoms with van der Waals surface area (Å²) in [6, 6.07) is 0.564. The number of nitro groups is 1. The first-order chi connectivity index (χ1) is 8.42. The summed E-state index contributed by atoms with van der Waals surface area (Å²) in [5.74, 6) is -1.50. The Balaban J connectivity index is 3.53. The van der Waals surface area contributed by atoms with Gasteiger partial charge in [0.2, 0.25) is 0 Å². The molecule has 0 saturated heterocycles. The second-order valence-corrected chi connectivity index (χ2v) is 5.59. The Bertz CT molecular complexity index is 632. The Kier molecular flexibility index (Phi) is 4.20. The summed E-state index contributed by atoms with van der Waals surface area (Å²) in [7, 11) is -4.44. The number of alkyl halides is 3. The summed E-state index contributed by atoms with van der Waals surface area (Å²) < 4.78 is 61.3. The van der Waals surface area contributed by atoms with Crippen molar-refractivity contribution >= 4 is 38.3 Å². The zero-order valence-corrected chi connectivity index (χ0v) is 11.5. The fourth-order valence-corrected chi connectivity index (χ4v) is 2.84. The third-order valence-electron chi connectivity index (χ3n) is 1.57. The van der Waals surface area contributed by atoms with Gasteiger partial charge in [0.15, 0.2) is 5.03 Å². The van der Waals surface area contributed by atoms with Gasteiger partial charge < -0.3 is 4.74 Å². The number of ether oxygens (including phenoxy) is 1. The van der Waals surface area contributed by atoms with Gasteiger partial charge in [-0.2, -0.15) is 4.98 Å². The van der Waals surface area contributed by atoms with Crippen LogP contribution < -0.4 is 9.88 Å². The molecule has 0 amide bonds. The van der Waals surface area contributed by atoms with Crippen molar-refractivity contribution in [3.05, 3.63) is 19.8 Å². The number of nitrogens with zero attached hydrogens (tertiary/aromatic N) is 2. The summed E-state index contributed by atoms with van der Waals surface area (Å²) >= 11 is 1.34. The number of nitrogens with two attached hydrogens (primary N) is 1. The monoisotopic (exact) mass is 413 g/mol. The number of halogens is 4. The molecule has 0 aliphatic carbocycles. The van der Waals surface area contributed by atoms with Crippen LogP contribution in [0.5, 0.6) is 5.88 Å². The molecule has 19 heavy (non-hydrogen) atoms. The smallest absolute Gasteiger partial charge is 0.381 e. The molecular formula is C6H3F3IN3O5S. The van der Waals surface area contributed by atoms with Crippen LogP contribution in [0.3, 0.4) is 0 Å². The molecule has 8 nitrogen and oxygen atoms in total. The summed E-state index contributed by atoms with van der Waals surface area (Å²) in [6.07, 6.45) is -5.26. The molecule has 0 saturated carbocycles. The third kappa shape index (κ3) is 4.13. The molecule has 0 radical (unpaired) electrons. The topological polar surface area (TPSA) is 125 Å². The molecule has 0 unspecified atom stereocenters. The lowest BCUT2D eigenvalue weighted by molar-refractivity contribution is -0.389. The second kappa shape index (κ2) is 5.04. The van der Waals surface area contributed by atoms with Crippen LogP contribution in [0.25, 0.3) is 0 Å². The molecule has 2 N–H and O–H groups in total. The van der Waals surface area contributed by atoms with Gasteiger partial charge in [-0.3, -0.25) is 10.1 Å². The average molecular weight is 413 g/mol. The average Bonchev–Trinajstić information content (AvgIpc) is 2.15. The van der Waals surface area contributed by atoms with Crippen molar-refractivity contribution in [2.24, 2.45) is 5.14 Å². The van der Waals surface area contributed by atoms with E-state index in [0.29, 0.717) is 6.07 Å². The first-order valence-electron chi connectivity index (χ1n) is 4.05. The van der Waals surface area contributed by atoms with Crippen molar-refractivity contribution in [2.75, 3.05) is 0 Å². The molecule has 0 bridgehead atoms. The fourth-order valence-electron chi connectivity index (χ4n) is 0.961. The van der Waals surface area contributed by atoms with E-state index in [1.165, 1.54) is 22.6 Å². The molecular weight excluding hydrogens is 410 g/mol. The Labute approximate surface area is 117 Å². The molecule has 0 aliphatic rings. The number of rotatable bonds is 3. The van der Waals surface area contributed by atoms with E-state index in [9.17, 15) is 31.7 Å². The van der Waals surface area contributed by atoms with Gasteiger partial charge in [-0.05, 0) is 22.6 Å². The van der Waals surface area contributed by atoms with Gasteiger partial charge in [0.1, 0.15) is 0 Å². The van der Waals surface area contributed by atoms with Crippen LogP contribution in [0.2, 0.25) is 0 Å². The highest BCUT2D eigenvalue weighted by Crippen LogP contribution is 2.33. The standard InChI is InChI=1S/C6H3F3IN3O5S/c7-6(8,9)18-4-3(13(14)15)1-2(10)5(12-4)19(11,16)17/h1H,(H2,11,16,17). The minimum Gasteiger partial charge on any atom is -0.381 e. The first-order valence-corrected chi connectivity index (χ1v) is 6.68. The Hall–Kier alpha value is -1.22. The minimum atomic E-state index is -5.26. The number of hydrogen-bond acceptors (Lipinski definition) is 6. The predicted molar refractivity (Wildman–Crippen MR) is 61.7 cm³/mol. The minimum absolute atomic E-state index is 0.304. The van der Waals surface area contributed by atoms with E-state index in [2.05, 4.69) is 9.72 Å². The van der Waals surface area contributed by atoms with Crippen LogP contribution >= 0.6 is 22.6 Å². The van der Waals surface area contributed by atoms with Gasteiger partial charge in [0.25, 0.3) is 10.0 Å². The van der Waals surface area contributed by atoms with Gasteiger partial charge in [0.05, 0.1) is 8.49 Å². The van der Waals surface area contributed by atoms with Crippen molar-refractivity contribution in [1.29, 1.82) is 0 Å². The van der Waals surface area contributed by atoms with Crippen LogP contribution in [0.4, 0.5) is 18.9 Å². The molecule has 0 atom stereocenters. The maximum atomic E-state index is 12.0. The lowest BCUT2D eigenvalue weighted by atomic mass is 10.4. The lowest BCUT2D eigenvalue weighted by Crippen LogP contribution is -2.21. The van der Waals surface area contributed by atoms with Gasteiger partial charge >= 0.3 is 17.9 Å². The summed E-state index contributed by atoms with van der Waals surface area (Å²) in [5.41, 5.74) is -1.13. The zero-order valence-electron chi connectivity index (χ0n) is 8.51. The Morgan fingerprint density at radius 1 is 1.47 bits per heavy atom. The summed E-state index contributed by atoms with van der Waals surface area (Å²) in [5, 5.41) is 14.3. The zero-order chi connectivity index (χ0) is 15.0. The molecule has 13 heteroatoms. The molecule has 1 aromatic heterocycles. The maximum Gasteiger partial charge on any atom is 0.574 e. The van der Waals surface area contributed by atoms with Crippen LogP contribution in [0.15, 0.2) is 11.1 Å². The molecule has 1 aromatic rings. The molecule has 1 rings (SSSR count). The lowest BCUT2D eigenvalue weighted by Gasteiger charge is -2.09. The van der Waals surface area contributed by atoms with Gasteiger partial charge in [-0.25, -0.2) is 13.6 Å². The predicted octanol–water partition coefficient (Wildman–Crippen LogP) is 1.14. The van der Waals surface area contributed by atoms with E-state index in [-0.39, 0.29) is 3.57 Å². The van der Waals surface area contributed by atoms with Gasteiger partial charge in [0, 0.05) is 6.07 Å². The molecule has 0 aromatic carbocycles. The number of aromatic nitrogens is 1. The third-order valence-corrected chi connectivity index (χ3v) is 3.61. The maximum absolute atomic E-state index is 12.0. The van der Waals surface area contributed by atoms with Gasteiger partial charge in [-0.15, -0.1) is 13.2 Å². The Morgan fingerprint density at radius 2 is 2.00 bits per heavy atom. The SMILES string of the molecule is NS(=O)(=O)c1nc(OC(F)(F)F)c([N+](=O)[O-])cc1I. The van der Waals surface area contributed by atoms with E-state index in [0.717, 1.165) is 0 Å². The van der Waals surface area contributed by atoms with Crippen molar-refractivity contribution in [1.82, 2.24) is 4.98 Å². The van der Waals surface area contributed by atoms with Crippen molar-refractivity contribution in [3.8, 4) is 5.88 Å². The Morgan fingerprint density at radius 3 is 2.37 bits per heavy atom. The van der Waals surface area contributed by atoms with Crippen LogP contribution in [0, 0.1) is 13.7 Å². The molecule has 1 heterocycles. The highest BCUT2D eigenvalue weighted by molar-refractivity contribution is 14.1. The normalized spacial score (nSPS) is 12.3. The molecule has 0 spiro atoms. The number of hydrogen-bond donors (Lipinski definition) is 1. The summed E-state index contributed by atoms with van der Waals surface area (Å²) in [4.78, 5) is 12.3. The van der Waals surface area contributed by atoms with Crippen LogP contribution in [0.1, 0.15) is 0 Å². The second-order valence-electron chi connectivity index (χ2n) is 2.95. The van der Waals surface area contributed by atoms with E-state index in [1.807, 2.05) is 0 Å². The van der Waals surface area contributed by atoms with E-state index in [1.54, 1.807) is 0 Å². The quantitative estimate of drug-likeness (QED) is 0.450. The number of pyridine rings is 1. The van der Waals surface area contributed by atoms with Crippen LogP contribution in [-0.2, 0) is 10.0 Å². The molecule has 106 valence electrons. The summed E-state index contributed by atoms with van der Waals surface area (Å²) in [6.45, 7) is 0. The van der Waals surface area contributed by atoms with Crippen molar-refractivity contribution < 1.29 is 31.2 Å². The molecule has 0 fully saturated rings. The largest absolute Gasteiger partial charge is 0.574 e. The van der Waals surface area contributed by atoms with E-state index in [4.69, 9.17) is 5.14 Å². The fraction of sp³-hybridized carbons (Fsp3) is 0.167. The number of sulfonamides is 1.